The second-order valence-electron chi connectivity index (χ2n) is 4.16. The quantitative estimate of drug-likeness (QED) is 0.874. The Kier molecular flexibility index (Phi) is 3.49. The Hall–Kier alpha value is -1.74. The molecule has 17 heavy (non-hydrogen) atoms. The first-order chi connectivity index (χ1) is 8.20. The lowest BCUT2D eigenvalue weighted by Gasteiger charge is -2.09. The molecule has 1 aromatic carbocycles. The average Bonchev–Trinajstić information content (AvgIpc) is 2.30. The highest BCUT2D eigenvalue weighted by Crippen LogP contribution is 2.12. The summed E-state index contributed by atoms with van der Waals surface area (Å²) in [5.41, 5.74) is 9.94. The summed E-state index contributed by atoms with van der Waals surface area (Å²) in [7, 11) is 0. The van der Waals surface area contributed by atoms with Crippen LogP contribution in [0.4, 0.5) is 0 Å². The molecule has 0 aliphatic heterocycles. The molecule has 3 nitrogen and oxygen atoms in total. The van der Waals surface area contributed by atoms with Gasteiger partial charge in [0, 0.05) is 29.9 Å². The van der Waals surface area contributed by atoms with Crippen LogP contribution in [0.5, 0.6) is 0 Å². The van der Waals surface area contributed by atoms with E-state index < -0.39 is 0 Å². The van der Waals surface area contributed by atoms with Crippen molar-refractivity contribution in [3.8, 4) is 0 Å². The molecule has 3 heteroatoms. The molecule has 0 radical (unpaired) electrons. The number of nitrogens with zero attached hydrogens (tertiary/aromatic N) is 2. The zero-order chi connectivity index (χ0) is 12.3. The van der Waals surface area contributed by atoms with Crippen molar-refractivity contribution in [3.63, 3.8) is 0 Å². The van der Waals surface area contributed by atoms with E-state index >= 15 is 0 Å². The Labute approximate surface area is 102 Å². The van der Waals surface area contributed by atoms with Crippen molar-refractivity contribution in [2.75, 3.05) is 0 Å². The van der Waals surface area contributed by atoms with E-state index in [1.807, 2.05) is 32.0 Å². The van der Waals surface area contributed by atoms with Crippen LogP contribution in [0.3, 0.4) is 0 Å². The third-order valence-electron chi connectivity index (χ3n) is 2.88. The largest absolute Gasteiger partial charge is 0.326 e. The maximum Gasteiger partial charge on any atom is 0.133 e. The highest BCUT2D eigenvalue weighted by Gasteiger charge is 2.07. The molecule has 2 rings (SSSR count). The van der Waals surface area contributed by atoms with Crippen molar-refractivity contribution in [2.24, 2.45) is 5.73 Å². The summed E-state index contributed by atoms with van der Waals surface area (Å²) in [4.78, 5) is 9.02. The fraction of sp³-hybridized carbons (Fsp3) is 0.286. The van der Waals surface area contributed by atoms with Gasteiger partial charge in [-0.15, -0.1) is 0 Å². The van der Waals surface area contributed by atoms with Crippen molar-refractivity contribution in [2.45, 2.75) is 26.8 Å². The first kappa shape index (κ1) is 11.7. The molecule has 0 saturated heterocycles. The van der Waals surface area contributed by atoms with Gasteiger partial charge in [-0.1, -0.05) is 30.3 Å². The standard InChI is InChI=1S/C14H17N3/c1-10-13(9-15)11(2)17-14(16-10)8-12-6-4-3-5-7-12/h3-7H,8-9,15H2,1-2H3. The fourth-order valence-electron chi connectivity index (χ4n) is 1.96. The molecule has 0 amide bonds. The van der Waals surface area contributed by atoms with Gasteiger partial charge in [0.15, 0.2) is 0 Å². The van der Waals surface area contributed by atoms with E-state index in [0.717, 1.165) is 29.2 Å². The molecule has 0 atom stereocenters. The molecule has 2 N–H and O–H groups in total. The highest BCUT2D eigenvalue weighted by molar-refractivity contribution is 5.26. The second kappa shape index (κ2) is 5.06. The van der Waals surface area contributed by atoms with Crippen molar-refractivity contribution in [1.82, 2.24) is 9.97 Å². The van der Waals surface area contributed by atoms with Gasteiger partial charge >= 0.3 is 0 Å². The summed E-state index contributed by atoms with van der Waals surface area (Å²) in [5, 5.41) is 0. The molecule has 0 unspecified atom stereocenters. The first-order valence-electron chi connectivity index (χ1n) is 5.77. The van der Waals surface area contributed by atoms with E-state index in [1.165, 1.54) is 5.56 Å². The molecule has 0 bridgehead atoms. The van der Waals surface area contributed by atoms with Gasteiger partial charge in [-0.05, 0) is 19.4 Å². The van der Waals surface area contributed by atoms with Crippen LogP contribution in [0.1, 0.15) is 28.3 Å². The topological polar surface area (TPSA) is 51.8 Å². The Morgan fingerprint density at radius 2 is 1.59 bits per heavy atom. The van der Waals surface area contributed by atoms with Gasteiger partial charge in [0.1, 0.15) is 5.82 Å². The molecule has 0 spiro atoms. The van der Waals surface area contributed by atoms with Crippen LogP contribution < -0.4 is 5.73 Å². The summed E-state index contributed by atoms with van der Waals surface area (Å²) in [6, 6.07) is 10.3. The normalized spacial score (nSPS) is 10.5. The van der Waals surface area contributed by atoms with E-state index in [0.29, 0.717) is 6.54 Å². The van der Waals surface area contributed by atoms with Crippen LogP contribution >= 0.6 is 0 Å². The third-order valence-corrected chi connectivity index (χ3v) is 2.88. The molecular weight excluding hydrogens is 210 g/mol. The Morgan fingerprint density at radius 3 is 2.12 bits per heavy atom. The minimum absolute atomic E-state index is 0.503. The average molecular weight is 227 g/mol. The predicted octanol–water partition coefficient (Wildman–Crippen LogP) is 2.14. The van der Waals surface area contributed by atoms with Crippen LogP contribution in [0, 0.1) is 13.8 Å². The lowest BCUT2D eigenvalue weighted by atomic mass is 10.1. The van der Waals surface area contributed by atoms with Gasteiger partial charge in [0.2, 0.25) is 0 Å². The molecule has 88 valence electrons. The summed E-state index contributed by atoms with van der Waals surface area (Å²) in [6.07, 6.45) is 0.771. The van der Waals surface area contributed by atoms with Gasteiger partial charge in [0.05, 0.1) is 0 Å². The zero-order valence-electron chi connectivity index (χ0n) is 10.3. The number of hydrogen-bond acceptors (Lipinski definition) is 3. The minimum atomic E-state index is 0.503. The van der Waals surface area contributed by atoms with Crippen molar-refractivity contribution in [1.29, 1.82) is 0 Å². The van der Waals surface area contributed by atoms with Crippen molar-refractivity contribution >= 4 is 0 Å². The number of rotatable bonds is 3. The van der Waals surface area contributed by atoms with Gasteiger partial charge in [0.25, 0.3) is 0 Å². The Bertz CT molecular complexity index is 483. The van der Waals surface area contributed by atoms with Gasteiger partial charge < -0.3 is 5.73 Å². The molecule has 1 heterocycles. The van der Waals surface area contributed by atoms with E-state index in [-0.39, 0.29) is 0 Å². The molecule has 0 fully saturated rings. The van der Waals surface area contributed by atoms with Gasteiger partial charge in [-0.25, -0.2) is 9.97 Å². The van der Waals surface area contributed by atoms with Gasteiger partial charge in [-0.3, -0.25) is 0 Å². The number of benzene rings is 1. The monoisotopic (exact) mass is 227 g/mol. The summed E-state index contributed by atoms with van der Waals surface area (Å²) < 4.78 is 0. The molecule has 0 aliphatic carbocycles. The van der Waals surface area contributed by atoms with Crippen molar-refractivity contribution in [3.05, 3.63) is 58.7 Å². The molecule has 0 saturated carbocycles. The first-order valence-corrected chi connectivity index (χ1v) is 5.77. The van der Waals surface area contributed by atoms with E-state index in [1.54, 1.807) is 0 Å². The van der Waals surface area contributed by atoms with Crippen LogP contribution in [-0.2, 0) is 13.0 Å². The molecular formula is C14H17N3. The minimum Gasteiger partial charge on any atom is -0.326 e. The number of nitrogens with two attached hydrogens (primary N) is 1. The zero-order valence-corrected chi connectivity index (χ0v) is 10.3. The Morgan fingerprint density at radius 1 is 1.00 bits per heavy atom. The summed E-state index contributed by atoms with van der Waals surface area (Å²) in [5.74, 6) is 0.864. The van der Waals surface area contributed by atoms with Crippen LogP contribution in [-0.4, -0.2) is 9.97 Å². The third kappa shape index (κ3) is 2.68. The number of hydrogen-bond donors (Lipinski definition) is 1. The molecule has 0 aliphatic rings. The number of aryl methyl sites for hydroxylation is 2. The fourth-order valence-corrected chi connectivity index (χ4v) is 1.96. The second-order valence-corrected chi connectivity index (χ2v) is 4.16. The number of aromatic nitrogens is 2. The van der Waals surface area contributed by atoms with E-state index in [2.05, 4.69) is 22.1 Å². The molecule has 2 aromatic rings. The summed E-state index contributed by atoms with van der Waals surface area (Å²) >= 11 is 0. The molecule has 1 aromatic heterocycles. The van der Waals surface area contributed by atoms with Crippen LogP contribution in [0.15, 0.2) is 30.3 Å². The highest BCUT2D eigenvalue weighted by atomic mass is 14.9. The van der Waals surface area contributed by atoms with Gasteiger partial charge in [-0.2, -0.15) is 0 Å². The van der Waals surface area contributed by atoms with Crippen LogP contribution in [0.2, 0.25) is 0 Å². The smallest absolute Gasteiger partial charge is 0.133 e. The van der Waals surface area contributed by atoms with Crippen LogP contribution in [0.25, 0.3) is 0 Å². The van der Waals surface area contributed by atoms with E-state index in [4.69, 9.17) is 5.73 Å². The van der Waals surface area contributed by atoms with E-state index in [9.17, 15) is 0 Å². The SMILES string of the molecule is Cc1nc(Cc2ccccc2)nc(C)c1CN. The lowest BCUT2D eigenvalue weighted by molar-refractivity contribution is 0.867. The lowest BCUT2D eigenvalue weighted by Crippen LogP contribution is -2.09. The Balaban J connectivity index is 2.29. The maximum absolute atomic E-state index is 5.67. The predicted molar refractivity (Wildman–Crippen MR) is 68.6 cm³/mol. The maximum atomic E-state index is 5.67. The summed E-state index contributed by atoms with van der Waals surface area (Å²) in [6.45, 7) is 4.49. The van der Waals surface area contributed by atoms with Crippen molar-refractivity contribution < 1.29 is 0 Å².